The molecule has 4 aliphatic rings. The van der Waals surface area contributed by atoms with Crippen molar-refractivity contribution in [3.8, 4) is 5.75 Å². The molecule has 2 saturated heterocycles. The summed E-state index contributed by atoms with van der Waals surface area (Å²) in [5.74, 6) is -2.62. The van der Waals surface area contributed by atoms with E-state index < -0.39 is 35.5 Å². The number of hydrogen-bond donors (Lipinski definition) is 2. The van der Waals surface area contributed by atoms with Gasteiger partial charge in [0.25, 0.3) is 17.7 Å². The topological polar surface area (TPSA) is 133 Å². The third-order valence-corrected chi connectivity index (χ3v) is 12.8. The van der Waals surface area contributed by atoms with Crippen molar-refractivity contribution in [3.05, 3.63) is 99.1 Å². The molecule has 1 aliphatic carbocycles. The van der Waals surface area contributed by atoms with E-state index in [4.69, 9.17) is 22.9 Å². The molecule has 3 aromatic carbocycles. The first kappa shape index (κ1) is 41.8. The van der Waals surface area contributed by atoms with Gasteiger partial charge in [0.2, 0.25) is 17.5 Å². The van der Waals surface area contributed by atoms with E-state index in [1.165, 1.54) is 11.6 Å². The monoisotopic (exact) mass is 824 g/mol. The minimum Gasteiger partial charge on any atom is -0.489 e. The van der Waals surface area contributed by atoms with Crippen LogP contribution in [0.4, 0.5) is 15.8 Å². The number of carbonyl (C=O) groups excluding carboxylic acids is 5. The first-order chi connectivity index (χ1) is 28.1. The van der Waals surface area contributed by atoms with Crippen LogP contribution in [-0.2, 0) is 16.0 Å². The van der Waals surface area contributed by atoms with E-state index in [-0.39, 0.29) is 58.5 Å². The average molecular weight is 825 g/mol. The van der Waals surface area contributed by atoms with E-state index >= 15 is 4.39 Å². The summed E-state index contributed by atoms with van der Waals surface area (Å²) in [4.78, 5) is 72.2. The van der Waals surface area contributed by atoms with E-state index in [0.717, 1.165) is 62.7 Å². The third-order valence-electron chi connectivity index (χ3n) is 12.5. The molecule has 12 nitrogen and oxygen atoms in total. The Bertz CT molecular complexity index is 2200. The molecule has 0 aromatic heterocycles. The summed E-state index contributed by atoms with van der Waals surface area (Å²) in [5, 5.41) is 5.79. The lowest BCUT2D eigenvalue weighted by atomic mass is 9.49. The second kappa shape index (κ2) is 16.7. The van der Waals surface area contributed by atoms with Crippen LogP contribution in [0.15, 0.2) is 54.6 Å². The van der Waals surface area contributed by atoms with Gasteiger partial charge in [0, 0.05) is 55.0 Å². The molecule has 1 atom stereocenters. The Kier molecular flexibility index (Phi) is 11.9. The van der Waals surface area contributed by atoms with E-state index in [1.54, 1.807) is 18.2 Å². The van der Waals surface area contributed by atoms with Crippen LogP contribution >= 0.6 is 11.6 Å². The summed E-state index contributed by atoms with van der Waals surface area (Å²) >= 11 is 6.24. The van der Waals surface area contributed by atoms with E-state index in [0.29, 0.717) is 35.1 Å². The maximum Gasteiger partial charge on any atom is 0.262 e. The Balaban J connectivity index is 0.811. The summed E-state index contributed by atoms with van der Waals surface area (Å²) < 4.78 is 21.7. The van der Waals surface area contributed by atoms with Crippen LogP contribution in [0.3, 0.4) is 0 Å². The van der Waals surface area contributed by atoms with E-state index in [9.17, 15) is 24.0 Å². The zero-order valence-corrected chi connectivity index (χ0v) is 34.7. The lowest BCUT2D eigenvalue weighted by molar-refractivity contribution is -0.164. The highest BCUT2D eigenvalue weighted by Crippen LogP contribution is 2.55. The second-order valence-electron chi connectivity index (χ2n) is 17.3. The predicted molar refractivity (Wildman–Crippen MR) is 221 cm³/mol. The largest absolute Gasteiger partial charge is 0.489 e. The van der Waals surface area contributed by atoms with Gasteiger partial charge < -0.3 is 15.0 Å². The summed E-state index contributed by atoms with van der Waals surface area (Å²) in [7, 11) is 0. The van der Waals surface area contributed by atoms with Gasteiger partial charge in [-0.3, -0.25) is 39.1 Å². The van der Waals surface area contributed by atoms with Crippen LogP contribution in [0.25, 0.3) is 4.85 Å². The number of anilines is 1. The molecule has 0 radical (unpaired) electrons. The number of unbranched alkanes of at least 4 members (excludes halogenated alkanes) is 3. The SMILES string of the molecule is [C-]#[N+]c1ccc(OC2C(C)(C)C(NC(=O)c3ccc(CCCCCCN4CCN(c5cc6c(cc5F)C(=O)N(C5CCC(=O)NC5=O)C6=O)CC4)cc3)C2(C)C)cc1Cl. The maximum atomic E-state index is 15.3. The number of hydrogen-bond acceptors (Lipinski definition) is 8. The normalized spacial score (nSPS) is 22.4. The summed E-state index contributed by atoms with van der Waals surface area (Å²) in [6.45, 7) is 19.1. The van der Waals surface area contributed by atoms with E-state index in [2.05, 4.69) is 48.1 Å². The van der Waals surface area contributed by atoms with Crippen molar-refractivity contribution in [1.82, 2.24) is 20.4 Å². The number of halogens is 2. The van der Waals surface area contributed by atoms with Crippen molar-refractivity contribution in [1.29, 1.82) is 0 Å². The molecule has 3 aliphatic heterocycles. The summed E-state index contributed by atoms with van der Waals surface area (Å²) in [5.41, 5.74) is 1.77. The molecule has 1 unspecified atom stereocenters. The van der Waals surface area contributed by atoms with Crippen LogP contribution in [0, 0.1) is 23.2 Å². The molecule has 14 heteroatoms. The highest BCUT2D eigenvalue weighted by Gasteiger charge is 2.64. The minimum atomic E-state index is -1.09. The molecule has 2 N–H and O–H groups in total. The Hall–Kier alpha value is -5.32. The predicted octanol–water partition coefficient (Wildman–Crippen LogP) is 6.97. The van der Waals surface area contributed by atoms with Gasteiger partial charge in [-0.25, -0.2) is 9.24 Å². The number of ether oxygens (including phenoxy) is 1. The van der Waals surface area contributed by atoms with Crippen LogP contribution < -0.4 is 20.3 Å². The zero-order chi connectivity index (χ0) is 42.2. The van der Waals surface area contributed by atoms with Crippen LogP contribution in [0.1, 0.15) is 103 Å². The van der Waals surface area contributed by atoms with Crippen molar-refractivity contribution in [3.63, 3.8) is 0 Å². The van der Waals surface area contributed by atoms with Crippen molar-refractivity contribution in [2.45, 2.75) is 90.8 Å². The molecule has 0 bridgehead atoms. The maximum absolute atomic E-state index is 15.3. The Morgan fingerprint density at radius 3 is 2.22 bits per heavy atom. The first-order valence-corrected chi connectivity index (χ1v) is 20.7. The second-order valence-corrected chi connectivity index (χ2v) is 17.7. The smallest absolute Gasteiger partial charge is 0.262 e. The van der Waals surface area contributed by atoms with Crippen LogP contribution in [0.2, 0.25) is 5.02 Å². The molecule has 3 aromatic rings. The van der Waals surface area contributed by atoms with Gasteiger partial charge in [-0.2, -0.15) is 0 Å². The summed E-state index contributed by atoms with van der Waals surface area (Å²) in [6.07, 6.45) is 5.05. The average Bonchev–Trinajstić information content (AvgIpc) is 3.44. The number of rotatable bonds is 13. The van der Waals surface area contributed by atoms with Gasteiger partial charge in [-0.15, -0.1) is 0 Å². The third kappa shape index (κ3) is 8.30. The van der Waals surface area contributed by atoms with Crippen LogP contribution in [-0.4, -0.2) is 90.2 Å². The van der Waals surface area contributed by atoms with Gasteiger partial charge in [-0.1, -0.05) is 70.3 Å². The van der Waals surface area contributed by atoms with Crippen molar-refractivity contribution in [2.24, 2.45) is 10.8 Å². The molecule has 1 saturated carbocycles. The van der Waals surface area contributed by atoms with Crippen LogP contribution in [0.5, 0.6) is 5.75 Å². The zero-order valence-electron chi connectivity index (χ0n) is 33.9. The Labute approximate surface area is 349 Å². The Morgan fingerprint density at radius 1 is 0.915 bits per heavy atom. The molecule has 3 heterocycles. The number of fused-ring (bicyclic) bond motifs is 1. The summed E-state index contributed by atoms with van der Waals surface area (Å²) in [6, 6.07) is 14.2. The van der Waals surface area contributed by atoms with Gasteiger partial charge >= 0.3 is 0 Å². The number of nitrogens with zero attached hydrogens (tertiary/aromatic N) is 4. The highest BCUT2D eigenvalue weighted by molar-refractivity contribution is 6.33. The molecule has 310 valence electrons. The highest BCUT2D eigenvalue weighted by atomic mass is 35.5. The van der Waals surface area contributed by atoms with Crippen molar-refractivity contribution < 1.29 is 33.1 Å². The van der Waals surface area contributed by atoms with Crippen molar-refractivity contribution >= 4 is 52.5 Å². The Morgan fingerprint density at radius 2 is 1.58 bits per heavy atom. The molecule has 3 fully saturated rings. The standard InChI is InChI=1S/C45H50ClFN6O6/c1-44(2)42(45(3,4)43(44)59-29-15-16-34(48-5)32(46)24-29)50-38(55)28-13-11-27(12-14-28)10-8-6-7-9-19-51-20-22-52(23-21-51)36-26-31-30(25-33(36)47)40(57)53(41(31)58)35-17-18-37(54)49-39(35)56/h11-16,24-26,35,42-43H,6-10,17-23H2,1-4H3,(H,50,55)(H,49,54,56). The number of amides is 5. The van der Waals surface area contributed by atoms with Gasteiger partial charge in [0.05, 0.1) is 28.4 Å². The minimum absolute atomic E-state index is 0.0190. The van der Waals surface area contributed by atoms with E-state index in [1.807, 2.05) is 29.2 Å². The molecular weight excluding hydrogens is 775 g/mol. The molecule has 5 amide bonds. The number of aryl methyl sites for hydroxylation is 1. The number of benzene rings is 3. The van der Waals surface area contributed by atoms with Gasteiger partial charge in [-0.05, 0) is 74.2 Å². The number of imide groups is 2. The first-order valence-electron chi connectivity index (χ1n) is 20.4. The van der Waals surface area contributed by atoms with Crippen molar-refractivity contribution in [2.75, 3.05) is 37.6 Å². The fourth-order valence-electron chi connectivity index (χ4n) is 9.58. The fourth-order valence-corrected chi connectivity index (χ4v) is 9.79. The van der Waals surface area contributed by atoms with Gasteiger partial charge in [0.15, 0.2) is 0 Å². The number of carbonyl (C=O) groups is 5. The lowest BCUT2D eigenvalue weighted by Crippen LogP contribution is -2.74. The number of nitrogens with one attached hydrogen (secondary N) is 2. The molecule has 7 rings (SSSR count). The fraction of sp³-hybridized carbons (Fsp3) is 0.467. The lowest BCUT2D eigenvalue weighted by Gasteiger charge is -2.63. The molecule has 0 spiro atoms. The molecule has 59 heavy (non-hydrogen) atoms. The molecular formula is C45H50ClFN6O6. The number of piperidine rings is 1. The number of piperazine rings is 1. The quantitative estimate of drug-likeness (QED) is 0.107. The van der Waals surface area contributed by atoms with Gasteiger partial charge in [0.1, 0.15) is 23.7 Å².